The van der Waals surface area contributed by atoms with Crippen molar-refractivity contribution >= 4 is 17.6 Å². The van der Waals surface area contributed by atoms with E-state index in [4.69, 9.17) is 9.84 Å². The van der Waals surface area contributed by atoms with E-state index in [0.717, 1.165) is 5.69 Å². The summed E-state index contributed by atoms with van der Waals surface area (Å²) in [4.78, 5) is 19.3. The number of carboxylic acids is 1. The van der Waals surface area contributed by atoms with Crippen molar-refractivity contribution < 1.29 is 14.6 Å². The highest BCUT2D eigenvalue weighted by Gasteiger charge is 2.06. The topological polar surface area (TPSA) is 84.3 Å². The van der Waals surface area contributed by atoms with E-state index in [1.165, 1.54) is 12.1 Å². The zero-order valence-corrected chi connectivity index (χ0v) is 12.1. The fourth-order valence-corrected chi connectivity index (χ4v) is 1.72. The van der Waals surface area contributed by atoms with Gasteiger partial charge in [-0.2, -0.15) is 4.98 Å². The van der Waals surface area contributed by atoms with Crippen LogP contribution in [-0.4, -0.2) is 27.1 Å². The minimum atomic E-state index is -0.957. The lowest BCUT2D eigenvalue weighted by molar-refractivity contribution is 0.0697. The largest absolute Gasteiger partial charge is 0.478 e. The first-order valence-corrected chi connectivity index (χ1v) is 6.57. The van der Waals surface area contributed by atoms with Gasteiger partial charge in [0.2, 0.25) is 11.8 Å². The summed E-state index contributed by atoms with van der Waals surface area (Å²) in [7, 11) is 0. The number of ether oxygens (including phenoxy) is 1. The number of benzene rings is 1. The van der Waals surface area contributed by atoms with Crippen LogP contribution in [0.15, 0.2) is 30.3 Å². The van der Waals surface area contributed by atoms with Crippen molar-refractivity contribution in [3.05, 3.63) is 41.6 Å². The molecule has 0 saturated heterocycles. The number of hydrogen-bond acceptors (Lipinski definition) is 5. The quantitative estimate of drug-likeness (QED) is 0.879. The molecular formula is C15H17N3O3. The Balaban J connectivity index is 2.18. The zero-order valence-electron chi connectivity index (χ0n) is 12.1. The van der Waals surface area contributed by atoms with Gasteiger partial charge in [-0.1, -0.05) is 0 Å². The van der Waals surface area contributed by atoms with Crippen molar-refractivity contribution in [1.82, 2.24) is 9.97 Å². The molecule has 0 atom stereocenters. The summed E-state index contributed by atoms with van der Waals surface area (Å²) in [6.07, 6.45) is 0.0296. The first kappa shape index (κ1) is 14.8. The minimum absolute atomic E-state index is 0.0296. The highest BCUT2D eigenvalue weighted by Crippen LogP contribution is 2.18. The maximum Gasteiger partial charge on any atom is 0.335 e. The van der Waals surface area contributed by atoms with Crippen LogP contribution in [0.4, 0.5) is 11.6 Å². The number of nitrogens with zero attached hydrogens (tertiary/aromatic N) is 2. The molecule has 0 radical (unpaired) electrons. The van der Waals surface area contributed by atoms with E-state index in [9.17, 15) is 4.79 Å². The van der Waals surface area contributed by atoms with Crippen molar-refractivity contribution in [3.63, 3.8) is 0 Å². The molecule has 110 valence electrons. The van der Waals surface area contributed by atoms with Gasteiger partial charge >= 0.3 is 5.97 Å². The molecule has 0 fully saturated rings. The van der Waals surface area contributed by atoms with E-state index in [0.29, 0.717) is 17.5 Å². The van der Waals surface area contributed by atoms with Crippen LogP contribution >= 0.6 is 0 Å². The van der Waals surface area contributed by atoms with Gasteiger partial charge < -0.3 is 15.2 Å². The van der Waals surface area contributed by atoms with Gasteiger partial charge in [-0.3, -0.25) is 0 Å². The van der Waals surface area contributed by atoms with Gasteiger partial charge in [0.25, 0.3) is 0 Å². The van der Waals surface area contributed by atoms with Crippen LogP contribution in [0.3, 0.4) is 0 Å². The van der Waals surface area contributed by atoms with E-state index in [-0.39, 0.29) is 11.7 Å². The Morgan fingerprint density at radius 3 is 2.48 bits per heavy atom. The fourth-order valence-electron chi connectivity index (χ4n) is 1.72. The molecule has 6 heteroatoms. The van der Waals surface area contributed by atoms with Crippen molar-refractivity contribution in [2.45, 2.75) is 26.9 Å². The van der Waals surface area contributed by atoms with Crippen molar-refractivity contribution in [2.24, 2.45) is 0 Å². The molecule has 2 rings (SSSR count). The van der Waals surface area contributed by atoms with Gasteiger partial charge in [0, 0.05) is 17.4 Å². The first-order chi connectivity index (χ1) is 9.94. The molecule has 1 aromatic heterocycles. The van der Waals surface area contributed by atoms with Crippen molar-refractivity contribution in [1.29, 1.82) is 0 Å². The fraction of sp³-hybridized carbons (Fsp3) is 0.267. The average molecular weight is 287 g/mol. The number of rotatable bonds is 5. The molecule has 0 aliphatic rings. The lowest BCUT2D eigenvalue weighted by Gasteiger charge is -2.11. The molecule has 0 saturated carbocycles. The molecule has 6 nitrogen and oxygen atoms in total. The SMILES string of the molecule is Cc1cc(OC(C)C)nc(Nc2ccc(C(=O)O)cc2)n1. The van der Waals surface area contributed by atoms with Crippen molar-refractivity contribution in [2.75, 3.05) is 5.32 Å². The predicted octanol–water partition coefficient (Wildman–Crippen LogP) is 3.01. The van der Waals surface area contributed by atoms with Gasteiger partial charge in [-0.25, -0.2) is 9.78 Å². The number of carboxylic acid groups (broad SMARTS) is 1. The molecule has 0 aliphatic heterocycles. The number of aromatic carboxylic acids is 1. The molecular weight excluding hydrogens is 270 g/mol. The molecule has 2 aromatic rings. The van der Waals surface area contributed by atoms with E-state index in [1.807, 2.05) is 20.8 Å². The summed E-state index contributed by atoms with van der Waals surface area (Å²) in [6.45, 7) is 5.71. The van der Waals surface area contributed by atoms with Gasteiger partial charge in [-0.15, -0.1) is 0 Å². The number of anilines is 2. The van der Waals surface area contributed by atoms with E-state index in [2.05, 4.69) is 15.3 Å². The first-order valence-electron chi connectivity index (χ1n) is 6.57. The number of aromatic nitrogens is 2. The van der Waals surface area contributed by atoms with Gasteiger partial charge in [-0.05, 0) is 45.0 Å². The maximum atomic E-state index is 10.8. The third kappa shape index (κ3) is 4.17. The van der Waals surface area contributed by atoms with Gasteiger partial charge in [0.1, 0.15) is 0 Å². The molecule has 0 unspecified atom stereocenters. The second-order valence-electron chi connectivity index (χ2n) is 4.85. The normalized spacial score (nSPS) is 10.5. The predicted molar refractivity (Wildman–Crippen MR) is 79.2 cm³/mol. The highest BCUT2D eigenvalue weighted by atomic mass is 16.5. The summed E-state index contributed by atoms with van der Waals surface area (Å²) in [5, 5.41) is 11.9. The van der Waals surface area contributed by atoms with Crippen LogP contribution in [0.25, 0.3) is 0 Å². The van der Waals surface area contributed by atoms with Crippen molar-refractivity contribution in [3.8, 4) is 5.88 Å². The van der Waals surface area contributed by atoms with Gasteiger partial charge in [0.05, 0.1) is 11.7 Å². The number of carbonyl (C=O) groups is 1. The second-order valence-corrected chi connectivity index (χ2v) is 4.85. The molecule has 0 aliphatic carbocycles. The Labute approximate surface area is 122 Å². The molecule has 0 bridgehead atoms. The Hall–Kier alpha value is -2.63. The van der Waals surface area contributed by atoms with Crippen LogP contribution in [0, 0.1) is 6.92 Å². The van der Waals surface area contributed by atoms with E-state index < -0.39 is 5.97 Å². The lowest BCUT2D eigenvalue weighted by atomic mass is 10.2. The summed E-state index contributed by atoms with van der Waals surface area (Å²) in [5.74, 6) is -0.0446. The lowest BCUT2D eigenvalue weighted by Crippen LogP contribution is -2.09. The molecule has 1 aromatic carbocycles. The highest BCUT2D eigenvalue weighted by molar-refractivity contribution is 5.88. The maximum absolute atomic E-state index is 10.8. The molecule has 1 heterocycles. The third-order valence-electron chi connectivity index (χ3n) is 2.58. The smallest absolute Gasteiger partial charge is 0.335 e. The van der Waals surface area contributed by atoms with Crippen LogP contribution < -0.4 is 10.1 Å². The molecule has 0 spiro atoms. The third-order valence-corrected chi connectivity index (χ3v) is 2.58. The van der Waals surface area contributed by atoms with Crippen LogP contribution in [0.1, 0.15) is 29.9 Å². The second kappa shape index (κ2) is 6.21. The average Bonchev–Trinajstić information content (AvgIpc) is 2.37. The monoisotopic (exact) mass is 287 g/mol. The van der Waals surface area contributed by atoms with E-state index in [1.54, 1.807) is 18.2 Å². The van der Waals surface area contributed by atoms with E-state index >= 15 is 0 Å². The molecule has 21 heavy (non-hydrogen) atoms. The Kier molecular flexibility index (Phi) is 4.37. The zero-order chi connectivity index (χ0) is 15.4. The Bertz CT molecular complexity index is 639. The minimum Gasteiger partial charge on any atom is -0.478 e. The molecule has 2 N–H and O–H groups in total. The summed E-state index contributed by atoms with van der Waals surface area (Å²) in [6, 6.07) is 8.13. The van der Waals surface area contributed by atoms with Crippen LogP contribution in [0.5, 0.6) is 5.88 Å². The van der Waals surface area contributed by atoms with Crippen LogP contribution in [-0.2, 0) is 0 Å². The Morgan fingerprint density at radius 1 is 1.24 bits per heavy atom. The Morgan fingerprint density at radius 2 is 1.90 bits per heavy atom. The van der Waals surface area contributed by atoms with Gasteiger partial charge in [0.15, 0.2) is 0 Å². The number of aryl methyl sites for hydroxylation is 1. The van der Waals surface area contributed by atoms with Crippen LogP contribution in [0.2, 0.25) is 0 Å². The number of hydrogen-bond donors (Lipinski definition) is 2. The summed E-state index contributed by atoms with van der Waals surface area (Å²) >= 11 is 0. The summed E-state index contributed by atoms with van der Waals surface area (Å²) < 4.78 is 5.56. The summed E-state index contributed by atoms with van der Waals surface area (Å²) in [5.41, 5.74) is 1.72. The standard InChI is InChI=1S/C15H17N3O3/c1-9(2)21-13-8-10(3)16-15(18-13)17-12-6-4-11(5-7-12)14(19)20/h4-9H,1-3H3,(H,19,20)(H,16,17,18). The number of nitrogens with one attached hydrogen (secondary N) is 1. The molecule has 0 amide bonds.